The normalized spacial score (nSPS) is 15.8. The third-order valence-electron chi connectivity index (χ3n) is 10.7. The Kier molecular flexibility index (Phi) is 15.6. The van der Waals surface area contributed by atoms with Gasteiger partial charge in [0.25, 0.3) is 0 Å². The molecule has 10 nitrogen and oxygen atoms in total. The highest BCUT2D eigenvalue weighted by Gasteiger charge is 2.41. The van der Waals surface area contributed by atoms with E-state index in [9.17, 15) is 23.8 Å². The molecule has 61 heavy (non-hydrogen) atoms. The number of aliphatic hydroxyl groups is 2. The summed E-state index contributed by atoms with van der Waals surface area (Å²) in [6.07, 6.45) is 2.92. The fourth-order valence-electron chi connectivity index (χ4n) is 7.58. The highest BCUT2D eigenvalue weighted by molar-refractivity contribution is 5.93. The molecule has 0 fully saturated rings. The molecule has 5 aromatic rings. The first-order chi connectivity index (χ1) is 29.3. The molecule has 0 saturated heterocycles. The van der Waals surface area contributed by atoms with Crippen molar-refractivity contribution in [3.8, 4) is 0 Å². The number of aliphatic hydroxyl groups excluding tert-OH is 1. The third kappa shape index (κ3) is 11.1. The van der Waals surface area contributed by atoms with E-state index in [0.29, 0.717) is 59.0 Å². The molecule has 5 aromatic carbocycles. The predicted octanol–water partition coefficient (Wildman–Crippen LogP) is 9.85. The van der Waals surface area contributed by atoms with Crippen LogP contribution < -0.4 is 0 Å². The number of rotatable bonds is 12. The van der Waals surface area contributed by atoms with Gasteiger partial charge in [0.05, 0.1) is 38.5 Å². The van der Waals surface area contributed by atoms with Crippen LogP contribution in [0.2, 0.25) is 0 Å². The van der Waals surface area contributed by atoms with Crippen LogP contribution in [0.25, 0.3) is 14.5 Å². The smallest absolute Gasteiger partial charge is 0.338 e. The molecule has 2 aliphatic heterocycles. The molecule has 314 valence electrons. The number of cyclic esters (lactones) is 1. The molecule has 0 aromatic heterocycles. The second-order valence-corrected chi connectivity index (χ2v) is 15.4. The van der Waals surface area contributed by atoms with Crippen molar-refractivity contribution in [2.75, 3.05) is 41.3 Å². The third-order valence-corrected chi connectivity index (χ3v) is 10.7. The van der Waals surface area contributed by atoms with Gasteiger partial charge in [-0.05, 0) is 136 Å². The molecule has 0 spiro atoms. The Morgan fingerprint density at radius 1 is 0.721 bits per heavy atom. The first-order valence-electron chi connectivity index (χ1n) is 19.7. The Bertz CT molecular complexity index is 2440. The monoisotopic (exact) mass is 825 g/mol. The van der Waals surface area contributed by atoms with Gasteiger partial charge in [-0.25, -0.2) is 28.1 Å². The van der Waals surface area contributed by atoms with Gasteiger partial charge >= 0.3 is 5.97 Å². The van der Waals surface area contributed by atoms with Crippen LogP contribution in [0.5, 0.6) is 0 Å². The summed E-state index contributed by atoms with van der Waals surface area (Å²) in [5.41, 5.74) is 5.80. The van der Waals surface area contributed by atoms with E-state index in [-0.39, 0.29) is 24.2 Å². The van der Waals surface area contributed by atoms with Gasteiger partial charge in [0, 0.05) is 0 Å². The highest BCUT2D eigenvalue weighted by Crippen LogP contribution is 2.46. The van der Waals surface area contributed by atoms with Crippen LogP contribution in [0.15, 0.2) is 103 Å². The van der Waals surface area contributed by atoms with Crippen molar-refractivity contribution < 1.29 is 33.3 Å². The summed E-state index contributed by atoms with van der Waals surface area (Å²) in [4.78, 5) is 25.3. The van der Waals surface area contributed by atoms with E-state index in [1.54, 1.807) is 48.5 Å². The summed E-state index contributed by atoms with van der Waals surface area (Å²) < 4.78 is 37.7. The second kappa shape index (κ2) is 20.8. The molecule has 2 unspecified atom stereocenters. The van der Waals surface area contributed by atoms with Crippen LogP contribution in [-0.2, 0) is 40.5 Å². The summed E-state index contributed by atoms with van der Waals surface area (Å²) in [5.74, 6) is -0.907. The number of carbonyl (C=O) groups is 1. The van der Waals surface area contributed by atoms with Crippen molar-refractivity contribution in [3.05, 3.63) is 194 Å². The molecule has 2 N–H and O–H groups in total. The number of hydrogen-bond donors (Lipinski definition) is 2. The molecule has 2 atom stereocenters. The van der Waals surface area contributed by atoms with E-state index in [1.165, 1.54) is 24.3 Å². The van der Waals surface area contributed by atoms with Gasteiger partial charge in [0.15, 0.2) is 17.1 Å². The molecular weight excluding hydrogens is 777 g/mol. The topological polar surface area (TPSA) is 95.6 Å². The number of ether oxygens (including phenoxy) is 2. The summed E-state index contributed by atoms with van der Waals surface area (Å²) in [6.45, 7) is 23.3. The predicted molar refractivity (Wildman–Crippen MR) is 230 cm³/mol. The SMILES string of the molecule is [C-]#[N+]c1ccc(C(O)(CCCN(C)C)c2ccc(F)cc2)c(CO)c1.[C-]#[N+]c1ccc2c(c1)COC2(CCCN(C)C)c1ccc(F)cc1.[C-]#[N+]c1ccc2c(c1)COC2=O. The number of halogens is 2. The van der Waals surface area contributed by atoms with Crippen molar-refractivity contribution in [2.45, 2.75) is 56.7 Å². The molecule has 0 amide bonds. The lowest BCUT2D eigenvalue weighted by atomic mass is 9.80. The summed E-state index contributed by atoms with van der Waals surface area (Å²) in [6, 6.07) is 27.9. The Morgan fingerprint density at radius 2 is 1.28 bits per heavy atom. The lowest BCUT2D eigenvalue weighted by molar-refractivity contribution is -0.0140. The van der Waals surface area contributed by atoms with Crippen molar-refractivity contribution in [3.63, 3.8) is 0 Å². The first-order valence-corrected chi connectivity index (χ1v) is 19.7. The maximum Gasteiger partial charge on any atom is 0.338 e. The Labute approximate surface area is 356 Å². The van der Waals surface area contributed by atoms with Crippen LogP contribution in [0, 0.1) is 31.4 Å². The van der Waals surface area contributed by atoms with Gasteiger partial charge in [-0.15, -0.1) is 0 Å². The molecule has 12 heteroatoms. The molecule has 7 rings (SSSR count). The number of carbonyl (C=O) groups excluding carboxylic acids is 1. The minimum atomic E-state index is -1.36. The lowest BCUT2D eigenvalue weighted by Crippen LogP contribution is -2.30. The van der Waals surface area contributed by atoms with Gasteiger partial charge in [-0.2, -0.15) is 0 Å². The fourth-order valence-corrected chi connectivity index (χ4v) is 7.58. The van der Waals surface area contributed by atoms with Crippen molar-refractivity contribution in [1.82, 2.24) is 9.80 Å². The zero-order valence-corrected chi connectivity index (χ0v) is 34.8. The van der Waals surface area contributed by atoms with Gasteiger partial charge < -0.3 is 29.5 Å². The summed E-state index contributed by atoms with van der Waals surface area (Å²) in [5, 5.41) is 21.2. The minimum absolute atomic E-state index is 0.247. The van der Waals surface area contributed by atoms with Gasteiger partial charge in [0.2, 0.25) is 0 Å². The van der Waals surface area contributed by atoms with E-state index < -0.39 is 11.2 Å². The number of hydrogen-bond acceptors (Lipinski definition) is 7. The van der Waals surface area contributed by atoms with Gasteiger partial charge in [0.1, 0.15) is 29.4 Å². The molecule has 2 aliphatic rings. The minimum Gasteiger partial charge on any atom is -0.457 e. The maximum atomic E-state index is 13.4. The van der Waals surface area contributed by atoms with Crippen molar-refractivity contribution in [1.29, 1.82) is 0 Å². The molecule has 0 bridgehead atoms. The van der Waals surface area contributed by atoms with E-state index in [1.807, 2.05) is 49.3 Å². The quantitative estimate of drug-likeness (QED) is 0.0956. The highest BCUT2D eigenvalue weighted by atomic mass is 19.1. The van der Waals surface area contributed by atoms with Crippen LogP contribution in [0.4, 0.5) is 25.8 Å². The standard InChI is InChI=1S/C20H23FN2O2.C20H21FN2O.C9H5NO2/c1-22-18-9-10-19(15(13-18)14-24)20(25,11-4-12-23(2)3)16-5-7-17(21)8-6-16;1-22-18-9-10-19-15(13-18)14-24-20(19,11-4-12-23(2)3)16-5-7-17(21)8-6-16;1-10-7-2-3-8-6(4-7)5-12-9(8)11/h5-10,13,24-25H,4,11-12,14H2,2-3H3;5-10,13H,4,11-12,14H2,2-3H3;2-4H,5H2. The van der Waals surface area contributed by atoms with Gasteiger partial charge in [-0.1, -0.05) is 72.8 Å². The summed E-state index contributed by atoms with van der Waals surface area (Å²) >= 11 is 0. The molecule has 2 heterocycles. The zero-order chi connectivity index (χ0) is 44.2. The van der Waals surface area contributed by atoms with Crippen LogP contribution in [0.3, 0.4) is 0 Å². The largest absolute Gasteiger partial charge is 0.457 e. The number of nitrogens with zero attached hydrogens (tertiary/aromatic N) is 5. The van der Waals surface area contributed by atoms with E-state index in [4.69, 9.17) is 29.2 Å². The lowest BCUT2D eigenvalue weighted by Gasteiger charge is -2.32. The Hall–Kier alpha value is -6.30. The van der Waals surface area contributed by atoms with Gasteiger partial charge in [-0.3, -0.25) is 0 Å². The average molecular weight is 826 g/mol. The second-order valence-electron chi connectivity index (χ2n) is 15.4. The molecule has 0 aliphatic carbocycles. The number of esters is 1. The maximum absolute atomic E-state index is 13.4. The zero-order valence-electron chi connectivity index (χ0n) is 34.8. The van der Waals surface area contributed by atoms with E-state index in [2.05, 4.69) is 33.5 Å². The first kappa shape index (κ1) is 45.8. The molecule has 0 saturated carbocycles. The average Bonchev–Trinajstić information content (AvgIpc) is 3.83. The van der Waals surface area contributed by atoms with Crippen LogP contribution in [0.1, 0.15) is 75.0 Å². The van der Waals surface area contributed by atoms with E-state index in [0.717, 1.165) is 54.6 Å². The number of fused-ring (bicyclic) bond motifs is 2. The Morgan fingerprint density at radius 3 is 1.89 bits per heavy atom. The van der Waals surface area contributed by atoms with Crippen LogP contribution in [-0.4, -0.2) is 67.3 Å². The van der Waals surface area contributed by atoms with Crippen molar-refractivity contribution >= 4 is 23.0 Å². The molecule has 0 radical (unpaired) electrons. The summed E-state index contributed by atoms with van der Waals surface area (Å²) in [7, 11) is 8.02. The number of benzene rings is 5. The van der Waals surface area contributed by atoms with Crippen molar-refractivity contribution in [2.24, 2.45) is 0 Å². The fraction of sp³-hybridized carbons (Fsp3) is 0.306. The Balaban J connectivity index is 0.000000183. The van der Waals surface area contributed by atoms with Crippen LogP contribution >= 0.6 is 0 Å². The molecular formula is C49H49F2N5O5. The van der Waals surface area contributed by atoms with E-state index >= 15 is 0 Å².